The summed E-state index contributed by atoms with van der Waals surface area (Å²) in [6, 6.07) is 8.33. The average Bonchev–Trinajstić information content (AvgIpc) is 2.39. The lowest BCUT2D eigenvalue weighted by molar-refractivity contribution is 0.379. The normalized spacial score (nSPS) is 10.2. The van der Waals surface area contributed by atoms with Crippen LogP contribution in [0.1, 0.15) is 12.5 Å². The third-order valence-electron chi connectivity index (χ3n) is 2.41. The molecule has 1 aromatic heterocycles. The highest BCUT2D eigenvalue weighted by Crippen LogP contribution is 2.19. The Kier molecular flexibility index (Phi) is 3.72. The van der Waals surface area contributed by atoms with Gasteiger partial charge >= 0.3 is 6.01 Å². The molecule has 5 nitrogen and oxygen atoms in total. The molecule has 0 saturated carbocycles. The molecule has 2 aromatic rings. The maximum absolute atomic E-state index is 5.09. The monoisotopic (exact) mass is 244 g/mol. The number of anilines is 1. The molecular formula is C13H16N4O. The fraction of sp³-hybridized carbons (Fsp3) is 0.308. The minimum absolute atomic E-state index is 0.317. The van der Waals surface area contributed by atoms with E-state index in [1.807, 2.05) is 38.1 Å². The Hall–Kier alpha value is -2.17. The third kappa shape index (κ3) is 2.74. The van der Waals surface area contributed by atoms with Crippen LogP contribution in [0.25, 0.3) is 11.4 Å². The van der Waals surface area contributed by atoms with Crippen molar-refractivity contribution in [3.05, 3.63) is 29.8 Å². The maximum atomic E-state index is 5.09. The maximum Gasteiger partial charge on any atom is 0.321 e. The van der Waals surface area contributed by atoms with Gasteiger partial charge in [0.15, 0.2) is 5.82 Å². The van der Waals surface area contributed by atoms with Crippen LogP contribution in [0.5, 0.6) is 6.01 Å². The van der Waals surface area contributed by atoms with Crippen LogP contribution in [-0.2, 0) is 0 Å². The molecule has 0 bridgehead atoms. The summed E-state index contributed by atoms with van der Waals surface area (Å²) in [7, 11) is 1.55. The largest absolute Gasteiger partial charge is 0.467 e. The van der Waals surface area contributed by atoms with E-state index in [1.54, 1.807) is 7.11 Å². The summed E-state index contributed by atoms with van der Waals surface area (Å²) in [4.78, 5) is 12.8. The summed E-state index contributed by atoms with van der Waals surface area (Å²) < 4.78 is 5.09. The van der Waals surface area contributed by atoms with Crippen molar-refractivity contribution < 1.29 is 4.74 Å². The molecule has 1 aromatic carbocycles. The number of benzene rings is 1. The summed E-state index contributed by atoms with van der Waals surface area (Å²) in [5, 5.41) is 3.06. The van der Waals surface area contributed by atoms with Crippen molar-refractivity contribution in [1.29, 1.82) is 0 Å². The quantitative estimate of drug-likeness (QED) is 0.894. The molecule has 0 amide bonds. The number of nitrogens with zero attached hydrogens (tertiary/aromatic N) is 3. The Balaban J connectivity index is 2.46. The zero-order valence-corrected chi connectivity index (χ0v) is 10.8. The van der Waals surface area contributed by atoms with Crippen LogP contribution in [0, 0.1) is 6.92 Å². The summed E-state index contributed by atoms with van der Waals surface area (Å²) >= 11 is 0. The Labute approximate surface area is 106 Å². The Morgan fingerprint density at radius 2 is 2.06 bits per heavy atom. The van der Waals surface area contributed by atoms with Crippen molar-refractivity contribution in [3.8, 4) is 17.4 Å². The molecular weight excluding hydrogens is 228 g/mol. The van der Waals surface area contributed by atoms with Gasteiger partial charge in [0.1, 0.15) is 0 Å². The van der Waals surface area contributed by atoms with Crippen molar-refractivity contribution in [3.63, 3.8) is 0 Å². The van der Waals surface area contributed by atoms with Crippen LogP contribution < -0.4 is 10.1 Å². The van der Waals surface area contributed by atoms with Crippen LogP contribution in [0.2, 0.25) is 0 Å². The summed E-state index contributed by atoms with van der Waals surface area (Å²) in [5.41, 5.74) is 2.12. The summed E-state index contributed by atoms with van der Waals surface area (Å²) in [5.74, 6) is 1.14. The van der Waals surface area contributed by atoms with E-state index >= 15 is 0 Å². The Morgan fingerprint density at radius 3 is 2.72 bits per heavy atom. The first-order chi connectivity index (χ1) is 8.72. The topological polar surface area (TPSA) is 59.9 Å². The fourth-order valence-electron chi connectivity index (χ4n) is 1.60. The molecule has 1 N–H and O–H groups in total. The fourth-order valence-corrected chi connectivity index (χ4v) is 1.60. The highest BCUT2D eigenvalue weighted by molar-refractivity contribution is 5.57. The SMILES string of the molecule is CCNc1nc(OC)nc(-c2cccc(C)c2)n1. The van der Waals surface area contributed by atoms with Gasteiger partial charge in [0.25, 0.3) is 0 Å². The minimum Gasteiger partial charge on any atom is -0.467 e. The van der Waals surface area contributed by atoms with Crippen LogP contribution in [-0.4, -0.2) is 28.6 Å². The minimum atomic E-state index is 0.317. The van der Waals surface area contributed by atoms with E-state index in [1.165, 1.54) is 0 Å². The molecule has 0 unspecified atom stereocenters. The predicted octanol–water partition coefficient (Wildman–Crippen LogP) is 2.29. The number of rotatable bonds is 4. The second kappa shape index (κ2) is 5.44. The summed E-state index contributed by atoms with van der Waals surface area (Å²) in [6.45, 7) is 4.77. The van der Waals surface area contributed by atoms with Gasteiger partial charge in [0.05, 0.1) is 7.11 Å². The van der Waals surface area contributed by atoms with Crippen LogP contribution >= 0.6 is 0 Å². The highest BCUT2D eigenvalue weighted by atomic mass is 16.5. The molecule has 0 aliphatic rings. The van der Waals surface area contributed by atoms with Gasteiger partial charge in [0.2, 0.25) is 5.95 Å². The lowest BCUT2D eigenvalue weighted by Crippen LogP contribution is -2.06. The van der Waals surface area contributed by atoms with Gasteiger partial charge in [-0.15, -0.1) is 0 Å². The van der Waals surface area contributed by atoms with Crippen molar-refractivity contribution in [1.82, 2.24) is 15.0 Å². The zero-order chi connectivity index (χ0) is 13.0. The Morgan fingerprint density at radius 1 is 1.22 bits per heavy atom. The average molecular weight is 244 g/mol. The van der Waals surface area contributed by atoms with E-state index < -0.39 is 0 Å². The van der Waals surface area contributed by atoms with Gasteiger partial charge in [-0.05, 0) is 19.9 Å². The number of methoxy groups -OCH3 is 1. The van der Waals surface area contributed by atoms with Gasteiger partial charge in [-0.2, -0.15) is 15.0 Å². The highest BCUT2D eigenvalue weighted by Gasteiger charge is 2.08. The molecule has 0 aliphatic carbocycles. The zero-order valence-electron chi connectivity index (χ0n) is 10.8. The number of ether oxygens (including phenoxy) is 1. The predicted molar refractivity (Wildman–Crippen MR) is 70.7 cm³/mol. The van der Waals surface area contributed by atoms with Gasteiger partial charge in [-0.1, -0.05) is 23.8 Å². The number of hydrogen-bond donors (Lipinski definition) is 1. The van der Waals surface area contributed by atoms with Gasteiger partial charge in [0, 0.05) is 12.1 Å². The third-order valence-corrected chi connectivity index (χ3v) is 2.41. The van der Waals surface area contributed by atoms with Crippen molar-refractivity contribution >= 4 is 5.95 Å². The molecule has 0 saturated heterocycles. The number of aryl methyl sites for hydroxylation is 1. The van der Waals surface area contributed by atoms with E-state index in [4.69, 9.17) is 4.74 Å². The first-order valence-electron chi connectivity index (χ1n) is 5.84. The number of hydrogen-bond acceptors (Lipinski definition) is 5. The molecule has 0 atom stereocenters. The van der Waals surface area contributed by atoms with Gasteiger partial charge < -0.3 is 10.1 Å². The first kappa shape index (κ1) is 12.3. The smallest absolute Gasteiger partial charge is 0.321 e. The van der Waals surface area contributed by atoms with Gasteiger partial charge in [-0.3, -0.25) is 0 Å². The van der Waals surface area contributed by atoms with E-state index in [-0.39, 0.29) is 0 Å². The molecule has 0 radical (unpaired) electrons. The van der Waals surface area contributed by atoms with Crippen molar-refractivity contribution in [2.24, 2.45) is 0 Å². The van der Waals surface area contributed by atoms with E-state index in [0.29, 0.717) is 17.8 Å². The van der Waals surface area contributed by atoms with Crippen molar-refractivity contribution in [2.45, 2.75) is 13.8 Å². The van der Waals surface area contributed by atoms with Crippen LogP contribution in [0.3, 0.4) is 0 Å². The Bertz CT molecular complexity index is 542. The van der Waals surface area contributed by atoms with Gasteiger partial charge in [-0.25, -0.2) is 0 Å². The lowest BCUT2D eigenvalue weighted by atomic mass is 10.1. The van der Waals surface area contributed by atoms with E-state index in [2.05, 4.69) is 20.3 Å². The standard InChI is InChI=1S/C13H16N4O/c1-4-14-12-15-11(16-13(17-12)18-3)10-7-5-6-9(2)8-10/h5-8H,4H2,1-3H3,(H,14,15,16,17). The molecule has 94 valence electrons. The van der Waals surface area contributed by atoms with E-state index in [0.717, 1.165) is 17.7 Å². The van der Waals surface area contributed by atoms with Crippen LogP contribution in [0.4, 0.5) is 5.95 Å². The molecule has 0 aliphatic heterocycles. The molecule has 18 heavy (non-hydrogen) atoms. The molecule has 5 heteroatoms. The first-order valence-corrected chi connectivity index (χ1v) is 5.84. The number of nitrogens with one attached hydrogen (secondary N) is 1. The number of aromatic nitrogens is 3. The molecule has 0 spiro atoms. The second-order valence-electron chi connectivity index (χ2n) is 3.87. The molecule has 1 heterocycles. The molecule has 0 fully saturated rings. The van der Waals surface area contributed by atoms with Crippen molar-refractivity contribution in [2.75, 3.05) is 19.0 Å². The summed E-state index contributed by atoms with van der Waals surface area (Å²) in [6.07, 6.45) is 0. The molecule has 2 rings (SSSR count). The van der Waals surface area contributed by atoms with E-state index in [9.17, 15) is 0 Å². The lowest BCUT2D eigenvalue weighted by Gasteiger charge is -2.07. The second-order valence-corrected chi connectivity index (χ2v) is 3.87. The van der Waals surface area contributed by atoms with Crippen LogP contribution in [0.15, 0.2) is 24.3 Å².